The number of allylic oxidation sites excluding steroid dienone is 3. The number of hydrogen-bond donors (Lipinski definition) is 0. The molecule has 0 saturated heterocycles. The van der Waals surface area contributed by atoms with Gasteiger partial charge in [0.15, 0.2) is 0 Å². The fourth-order valence-electron chi connectivity index (χ4n) is 3.47. The maximum absolute atomic E-state index is 5.78. The Morgan fingerprint density at radius 2 is 0.793 bits per heavy atom. The topological polar surface area (TPSA) is 27.7 Å². The highest BCUT2D eigenvalue weighted by molar-refractivity contribution is 4.75. The maximum Gasteiger partial charge on any atom is 0.0468 e. The first kappa shape index (κ1) is 28.1. The molecule has 0 bridgehead atoms. The summed E-state index contributed by atoms with van der Waals surface area (Å²) >= 11 is 0. The van der Waals surface area contributed by atoms with Crippen LogP contribution < -0.4 is 0 Å². The summed E-state index contributed by atoms with van der Waals surface area (Å²) in [5.74, 6) is 0. The maximum atomic E-state index is 5.78. The van der Waals surface area contributed by atoms with Gasteiger partial charge in [0.1, 0.15) is 0 Å². The van der Waals surface area contributed by atoms with Crippen LogP contribution in [0.5, 0.6) is 0 Å². The van der Waals surface area contributed by atoms with Gasteiger partial charge in [-0.3, -0.25) is 0 Å². The van der Waals surface area contributed by atoms with Gasteiger partial charge >= 0.3 is 0 Å². The summed E-state index contributed by atoms with van der Waals surface area (Å²) in [7, 11) is 0. The largest absolute Gasteiger partial charge is 0.381 e. The zero-order valence-electron chi connectivity index (χ0n) is 19.3. The molecule has 0 aromatic carbocycles. The Balaban J connectivity index is 4.07. The highest BCUT2D eigenvalue weighted by atomic mass is 16.5. The van der Waals surface area contributed by atoms with Crippen molar-refractivity contribution >= 4 is 0 Å². The molecule has 0 rings (SSSR count). The van der Waals surface area contributed by atoms with E-state index in [9.17, 15) is 0 Å². The van der Waals surface area contributed by atoms with E-state index in [0.29, 0.717) is 5.41 Å². The molecule has 0 aromatic rings. The van der Waals surface area contributed by atoms with Gasteiger partial charge in [-0.2, -0.15) is 0 Å². The van der Waals surface area contributed by atoms with Gasteiger partial charge in [0.2, 0.25) is 0 Å². The van der Waals surface area contributed by atoms with Gasteiger partial charge in [0, 0.05) is 39.6 Å². The lowest BCUT2D eigenvalue weighted by atomic mass is 9.77. The molecule has 3 heteroatoms. The second-order valence-corrected chi connectivity index (χ2v) is 8.25. The van der Waals surface area contributed by atoms with Crippen molar-refractivity contribution < 1.29 is 14.2 Å². The van der Waals surface area contributed by atoms with Crippen molar-refractivity contribution in [2.75, 3.05) is 39.6 Å². The van der Waals surface area contributed by atoms with Crippen LogP contribution in [0, 0.1) is 5.41 Å². The minimum absolute atomic E-state index is 0.347. The second kappa shape index (κ2) is 21.8. The zero-order chi connectivity index (χ0) is 21.5. The van der Waals surface area contributed by atoms with Gasteiger partial charge in [-0.1, -0.05) is 25.2 Å². The molecule has 0 unspecified atom stereocenters. The molecular weight excluding hydrogens is 360 g/mol. The molecule has 0 atom stereocenters. The summed E-state index contributed by atoms with van der Waals surface area (Å²) < 4.78 is 17.3. The Bertz CT molecular complexity index is 323. The summed E-state index contributed by atoms with van der Waals surface area (Å²) in [6, 6.07) is 0. The minimum atomic E-state index is 0.347. The van der Waals surface area contributed by atoms with E-state index in [1.54, 1.807) is 0 Å². The van der Waals surface area contributed by atoms with Gasteiger partial charge < -0.3 is 14.2 Å². The summed E-state index contributed by atoms with van der Waals surface area (Å²) in [6.07, 6.45) is 19.2. The first-order valence-electron chi connectivity index (χ1n) is 11.7. The molecule has 3 nitrogen and oxygen atoms in total. The van der Waals surface area contributed by atoms with Gasteiger partial charge in [0.25, 0.3) is 0 Å². The Kier molecular flexibility index (Phi) is 21.1. The average Bonchev–Trinajstić information content (AvgIpc) is 2.72. The van der Waals surface area contributed by atoms with Crippen molar-refractivity contribution in [3.05, 3.63) is 38.0 Å². The van der Waals surface area contributed by atoms with Crippen LogP contribution in [-0.2, 0) is 14.2 Å². The van der Waals surface area contributed by atoms with Crippen LogP contribution in [0.2, 0.25) is 0 Å². The summed E-state index contributed by atoms with van der Waals surface area (Å²) in [4.78, 5) is 0. The normalized spacial score (nSPS) is 11.5. The Morgan fingerprint density at radius 1 is 0.517 bits per heavy atom. The first-order chi connectivity index (χ1) is 14.2. The van der Waals surface area contributed by atoms with E-state index >= 15 is 0 Å². The number of rotatable bonds is 24. The standard InChI is InChI=1S/C26H48O3/c1-5-8-11-20-27-23-14-17-26(4,18-15-24-28-21-12-9-6-2)19-16-25-29-22-13-10-7-3/h5-7H,1-3,8-25H2,4H3. The van der Waals surface area contributed by atoms with E-state index in [1.165, 1.54) is 19.3 Å². The second-order valence-electron chi connectivity index (χ2n) is 8.25. The predicted molar refractivity (Wildman–Crippen MR) is 127 cm³/mol. The van der Waals surface area contributed by atoms with Crippen molar-refractivity contribution in [2.45, 2.75) is 84.0 Å². The van der Waals surface area contributed by atoms with E-state index in [0.717, 1.165) is 97.4 Å². The molecule has 0 N–H and O–H groups in total. The van der Waals surface area contributed by atoms with Crippen LogP contribution in [0.3, 0.4) is 0 Å². The average molecular weight is 409 g/mol. The lowest BCUT2D eigenvalue weighted by Crippen LogP contribution is -2.19. The van der Waals surface area contributed by atoms with Gasteiger partial charge in [-0.15, -0.1) is 19.7 Å². The number of hydrogen-bond acceptors (Lipinski definition) is 3. The number of ether oxygens (including phenoxy) is 3. The molecule has 0 saturated carbocycles. The molecule has 0 fully saturated rings. The highest BCUT2D eigenvalue weighted by Crippen LogP contribution is 2.34. The van der Waals surface area contributed by atoms with Crippen LogP contribution in [0.4, 0.5) is 0 Å². The van der Waals surface area contributed by atoms with E-state index in [-0.39, 0.29) is 0 Å². The van der Waals surface area contributed by atoms with Crippen molar-refractivity contribution in [1.82, 2.24) is 0 Å². The van der Waals surface area contributed by atoms with E-state index in [1.807, 2.05) is 18.2 Å². The monoisotopic (exact) mass is 408 g/mol. The fourth-order valence-corrected chi connectivity index (χ4v) is 3.47. The summed E-state index contributed by atoms with van der Waals surface area (Å²) in [6.45, 7) is 18.8. The minimum Gasteiger partial charge on any atom is -0.381 e. The lowest BCUT2D eigenvalue weighted by molar-refractivity contribution is 0.0873. The van der Waals surface area contributed by atoms with Crippen LogP contribution in [0.15, 0.2) is 38.0 Å². The third-order valence-electron chi connectivity index (χ3n) is 5.30. The van der Waals surface area contributed by atoms with E-state index in [4.69, 9.17) is 14.2 Å². The zero-order valence-corrected chi connectivity index (χ0v) is 19.3. The molecule has 0 heterocycles. The van der Waals surface area contributed by atoms with Crippen molar-refractivity contribution in [2.24, 2.45) is 5.41 Å². The van der Waals surface area contributed by atoms with E-state index in [2.05, 4.69) is 26.7 Å². The molecule has 0 radical (unpaired) electrons. The van der Waals surface area contributed by atoms with E-state index < -0.39 is 0 Å². The molecule has 0 aromatic heterocycles. The third kappa shape index (κ3) is 20.2. The van der Waals surface area contributed by atoms with Crippen molar-refractivity contribution in [3.8, 4) is 0 Å². The highest BCUT2D eigenvalue weighted by Gasteiger charge is 2.23. The molecule has 29 heavy (non-hydrogen) atoms. The van der Waals surface area contributed by atoms with Gasteiger partial charge in [0.05, 0.1) is 0 Å². The molecule has 0 amide bonds. The quantitative estimate of drug-likeness (QED) is 0.124. The van der Waals surface area contributed by atoms with Gasteiger partial charge in [-0.25, -0.2) is 0 Å². The van der Waals surface area contributed by atoms with Crippen LogP contribution in [-0.4, -0.2) is 39.6 Å². The lowest BCUT2D eigenvalue weighted by Gasteiger charge is -2.30. The first-order valence-corrected chi connectivity index (χ1v) is 11.7. The molecule has 0 aliphatic carbocycles. The molecule has 0 aliphatic heterocycles. The predicted octanol–water partition coefficient (Wildman–Crippen LogP) is 7.28. The fraction of sp³-hybridized carbons (Fsp3) is 0.769. The molecule has 0 spiro atoms. The molecule has 170 valence electrons. The third-order valence-corrected chi connectivity index (χ3v) is 5.30. The Hall–Kier alpha value is -0.900. The Labute approximate surface area is 181 Å². The smallest absolute Gasteiger partial charge is 0.0468 e. The summed E-state index contributed by atoms with van der Waals surface area (Å²) in [5, 5.41) is 0. The van der Waals surface area contributed by atoms with Gasteiger partial charge in [-0.05, 0) is 82.5 Å². The summed E-state index contributed by atoms with van der Waals surface area (Å²) in [5.41, 5.74) is 0.347. The molecule has 0 aliphatic rings. The number of unbranched alkanes of at least 4 members (excludes halogenated alkanes) is 3. The van der Waals surface area contributed by atoms with Crippen LogP contribution in [0.1, 0.15) is 84.0 Å². The molecular formula is C26H48O3. The Morgan fingerprint density at radius 3 is 1.07 bits per heavy atom. The van der Waals surface area contributed by atoms with Crippen molar-refractivity contribution in [3.63, 3.8) is 0 Å². The van der Waals surface area contributed by atoms with Crippen LogP contribution >= 0.6 is 0 Å². The van der Waals surface area contributed by atoms with Crippen molar-refractivity contribution in [1.29, 1.82) is 0 Å². The van der Waals surface area contributed by atoms with Crippen LogP contribution in [0.25, 0.3) is 0 Å². The SMILES string of the molecule is C=CCCCOCCCC(C)(CCCOCCCC=C)CCCOCCCC=C.